The first-order valence-electron chi connectivity index (χ1n) is 9.97. The third kappa shape index (κ3) is 4.35. The largest absolute Gasteiger partial charge is 0.352 e. The van der Waals surface area contributed by atoms with Gasteiger partial charge in [-0.2, -0.15) is 0 Å². The van der Waals surface area contributed by atoms with Crippen LogP contribution < -0.4 is 5.32 Å². The van der Waals surface area contributed by atoms with E-state index in [2.05, 4.69) is 15.3 Å². The van der Waals surface area contributed by atoms with Gasteiger partial charge in [-0.05, 0) is 55.3 Å². The van der Waals surface area contributed by atoms with Gasteiger partial charge in [-0.3, -0.25) is 4.79 Å². The van der Waals surface area contributed by atoms with Crippen molar-refractivity contribution in [1.29, 1.82) is 0 Å². The number of carbonyl (C=O) groups is 1. The number of aromatic amines is 1. The molecule has 0 radical (unpaired) electrons. The molecule has 30 heavy (non-hydrogen) atoms. The minimum Gasteiger partial charge on any atom is -0.352 e. The summed E-state index contributed by atoms with van der Waals surface area (Å²) in [5.41, 5.74) is 4.24. The molecule has 0 atom stereocenters. The lowest BCUT2D eigenvalue weighted by Crippen LogP contribution is -2.24. The number of imidazole rings is 1. The quantitative estimate of drug-likeness (QED) is 0.456. The molecule has 152 valence electrons. The molecular formula is C23H22FN5O. The van der Waals surface area contributed by atoms with E-state index in [1.54, 1.807) is 36.7 Å². The van der Waals surface area contributed by atoms with Gasteiger partial charge in [-0.15, -0.1) is 0 Å². The second-order valence-corrected chi connectivity index (χ2v) is 6.98. The molecule has 7 heteroatoms. The zero-order valence-electron chi connectivity index (χ0n) is 16.7. The summed E-state index contributed by atoms with van der Waals surface area (Å²) >= 11 is 0. The van der Waals surface area contributed by atoms with Crippen molar-refractivity contribution >= 4 is 16.9 Å². The number of carbonyl (C=O) groups excluding carboxylic acids is 1. The second kappa shape index (κ2) is 8.82. The highest BCUT2D eigenvalue weighted by Crippen LogP contribution is 2.24. The number of nitrogens with zero attached hydrogens (tertiary/aromatic N) is 3. The Balaban J connectivity index is 1.53. The van der Waals surface area contributed by atoms with E-state index in [1.165, 1.54) is 12.1 Å². The minimum atomic E-state index is -0.295. The summed E-state index contributed by atoms with van der Waals surface area (Å²) < 4.78 is 13.3. The minimum absolute atomic E-state index is 0.152. The summed E-state index contributed by atoms with van der Waals surface area (Å²) in [6.45, 7) is 2.56. The van der Waals surface area contributed by atoms with Crippen molar-refractivity contribution in [2.75, 3.05) is 6.54 Å². The van der Waals surface area contributed by atoms with Crippen LogP contribution in [0.25, 0.3) is 22.3 Å². The van der Waals surface area contributed by atoms with E-state index < -0.39 is 0 Å². The van der Waals surface area contributed by atoms with Crippen LogP contribution in [0.3, 0.4) is 0 Å². The summed E-state index contributed by atoms with van der Waals surface area (Å²) in [6, 6.07) is 11.5. The first-order valence-corrected chi connectivity index (χ1v) is 9.97. The number of amides is 1. The van der Waals surface area contributed by atoms with Gasteiger partial charge in [0.15, 0.2) is 0 Å². The molecule has 0 aliphatic carbocycles. The van der Waals surface area contributed by atoms with Crippen LogP contribution in [0.5, 0.6) is 0 Å². The van der Waals surface area contributed by atoms with E-state index >= 15 is 0 Å². The Hall–Kier alpha value is -3.61. The van der Waals surface area contributed by atoms with E-state index in [-0.39, 0.29) is 11.7 Å². The highest BCUT2D eigenvalue weighted by atomic mass is 19.1. The molecule has 0 fully saturated rings. The Bertz CT molecular complexity index is 1160. The highest BCUT2D eigenvalue weighted by Gasteiger charge is 2.12. The molecule has 0 spiro atoms. The first-order chi connectivity index (χ1) is 14.6. The van der Waals surface area contributed by atoms with Crippen LogP contribution in [0.2, 0.25) is 0 Å². The van der Waals surface area contributed by atoms with Crippen molar-refractivity contribution in [2.45, 2.75) is 26.2 Å². The molecule has 0 aliphatic heterocycles. The molecule has 0 bridgehead atoms. The van der Waals surface area contributed by atoms with Crippen molar-refractivity contribution in [3.8, 4) is 11.3 Å². The van der Waals surface area contributed by atoms with Gasteiger partial charge in [0.2, 0.25) is 0 Å². The van der Waals surface area contributed by atoms with Crippen LogP contribution in [-0.2, 0) is 12.8 Å². The fraction of sp³-hybridized carbons (Fsp3) is 0.217. The van der Waals surface area contributed by atoms with E-state index in [0.717, 1.165) is 35.4 Å². The number of hydrogen-bond donors (Lipinski definition) is 2. The van der Waals surface area contributed by atoms with Gasteiger partial charge < -0.3 is 10.3 Å². The maximum absolute atomic E-state index is 13.3. The molecule has 0 saturated carbocycles. The number of hydrogen-bond acceptors (Lipinski definition) is 4. The molecule has 4 aromatic rings. The number of rotatable bonds is 7. The fourth-order valence-corrected chi connectivity index (χ4v) is 3.31. The van der Waals surface area contributed by atoms with Crippen molar-refractivity contribution in [1.82, 2.24) is 25.3 Å². The predicted molar refractivity (Wildman–Crippen MR) is 114 cm³/mol. The molecule has 0 unspecified atom stereocenters. The van der Waals surface area contributed by atoms with Gasteiger partial charge in [0.1, 0.15) is 11.6 Å². The Morgan fingerprint density at radius 1 is 1.10 bits per heavy atom. The van der Waals surface area contributed by atoms with Crippen LogP contribution in [0.1, 0.15) is 35.2 Å². The lowest BCUT2D eigenvalue weighted by molar-refractivity contribution is 0.0953. The maximum Gasteiger partial charge on any atom is 0.251 e. The van der Waals surface area contributed by atoms with Gasteiger partial charge in [-0.25, -0.2) is 19.3 Å². The standard InChI is InChI=1S/C23H22FN5O/c1-2-18-22(15-5-8-17(24)9-6-15)29-20-14-16(7-10-19(20)28-18)23(30)27-11-3-4-21-25-12-13-26-21/h5-10,12-14H,2-4,11H2,1H3,(H,25,26)(H,27,30). The van der Waals surface area contributed by atoms with Crippen LogP contribution >= 0.6 is 0 Å². The molecule has 4 rings (SSSR count). The van der Waals surface area contributed by atoms with Crippen molar-refractivity contribution in [2.24, 2.45) is 0 Å². The number of fused-ring (bicyclic) bond motifs is 1. The Morgan fingerprint density at radius 3 is 2.67 bits per heavy atom. The average molecular weight is 403 g/mol. The summed E-state index contributed by atoms with van der Waals surface area (Å²) in [6.07, 6.45) is 5.77. The zero-order chi connectivity index (χ0) is 20.9. The Labute approximate surface area is 173 Å². The Morgan fingerprint density at radius 2 is 1.93 bits per heavy atom. The van der Waals surface area contributed by atoms with Crippen molar-refractivity contribution < 1.29 is 9.18 Å². The fourth-order valence-electron chi connectivity index (χ4n) is 3.31. The lowest BCUT2D eigenvalue weighted by atomic mass is 10.1. The number of H-pyrrole nitrogens is 1. The van der Waals surface area contributed by atoms with Crippen molar-refractivity contribution in [3.05, 3.63) is 77.8 Å². The molecule has 0 aliphatic rings. The topological polar surface area (TPSA) is 83.6 Å². The first kappa shape index (κ1) is 19.7. The predicted octanol–water partition coefficient (Wildman–Crippen LogP) is 4.08. The SMILES string of the molecule is CCc1nc2ccc(C(=O)NCCCc3ncc[nH]3)cc2nc1-c1ccc(F)cc1. The van der Waals surface area contributed by atoms with Crippen LogP contribution in [0, 0.1) is 5.82 Å². The number of halogens is 1. The Kier molecular flexibility index (Phi) is 5.79. The van der Waals surface area contributed by atoms with Crippen LogP contribution in [0.4, 0.5) is 4.39 Å². The average Bonchev–Trinajstić information content (AvgIpc) is 3.29. The number of aryl methyl sites for hydroxylation is 2. The van der Waals surface area contributed by atoms with E-state index in [4.69, 9.17) is 9.97 Å². The third-order valence-electron chi connectivity index (χ3n) is 4.88. The highest BCUT2D eigenvalue weighted by molar-refractivity contribution is 5.97. The van der Waals surface area contributed by atoms with Crippen molar-refractivity contribution in [3.63, 3.8) is 0 Å². The summed E-state index contributed by atoms with van der Waals surface area (Å²) in [4.78, 5) is 29.2. The summed E-state index contributed by atoms with van der Waals surface area (Å²) in [5, 5.41) is 2.93. The second-order valence-electron chi connectivity index (χ2n) is 6.98. The summed E-state index contributed by atoms with van der Waals surface area (Å²) in [7, 11) is 0. The van der Waals surface area contributed by atoms with Crippen LogP contribution in [-0.4, -0.2) is 32.4 Å². The molecule has 2 aromatic carbocycles. The molecular weight excluding hydrogens is 381 g/mol. The monoisotopic (exact) mass is 403 g/mol. The van der Waals surface area contributed by atoms with E-state index in [1.807, 2.05) is 13.0 Å². The van der Waals surface area contributed by atoms with Gasteiger partial charge in [0, 0.05) is 36.5 Å². The van der Waals surface area contributed by atoms with Crippen LogP contribution in [0.15, 0.2) is 54.9 Å². The number of nitrogens with one attached hydrogen (secondary N) is 2. The molecule has 0 saturated heterocycles. The van der Waals surface area contributed by atoms with Gasteiger partial charge in [0.25, 0.3) is 5.91 Å². The number of benzene rings is 2. The van der Waals surface area contributed by atoms with E-state index in [9.17, 15) is 9.18 Å². The third-order valence-corrected chi connectivity index (χ3v) is 4.88. The molecule has 2 heterocycles. The number of aromatic nitrogens is 4. The maximum atomic E-state index is 13.3. The normalized spacial score (nSPS) is 11.0. The molecule has 1 amide bonds. The molecule has 2 N–H and O–H groups in total. The van der Waals surface area contributed by atoms with E-state index in [0.29, 0.717) is 29.7 Å². The van der Waals surface area contributed by atoms with Gasteiger partial charge in [-0.1, -0.05) is 6.92 Å². The molecule has 2 aromatic heterocycles. The lowest BCUT2D eigenvalue weighted by Gasteiger charge is -2.10. The zero-order valence-corrected chi connectivity index (χ0v) is 16.7. The smallest absolute Gasteiger partial charge is 0.251 e. The van der Waals surface area contributed by atoms with Gasteiger partial charge in [0.05, 0.1) is 22.4 Å². The summed E-state index contributed by atoms with van der Waals surface area (Å²) in [5.74, 6) is 0.461. The van der Waals surface area contributed by atoms with Gasteiger partial charge >= 0.3 is 0 Å². The molecule has 6 nitrogen and oxygen atoms in total.